The highest BCUT2D eigenvalue weighted by molar-refractivity contribution is 7.89. The number of carbonyl (C=O) groups excluding carboxylic acids is 3. The summed E-state index contributed by atoms with van der Waals surface area (Å²) in [4.78, 5) is 49.4. The number of non-ortho nitro benzene ring substituents is 1. The molecule has 1 fully saturated rings. The number of carbonyl (C=O) groups is 3. The maximum Gasteiger partial charge on any atom is 0.328 e. The molecule has 220 valence electrons. The first-order valence-corrected chi connectivity index (χ1v) is 14.9. The zero-order valence-corrected chi connectivity index (χ0v) is 24.0. The average molecular weight is 594 g/mol. The van der Waals surface area contributed by atoms with Gasteiger partial charge in [-0.2, -0.15) is 4.31 Å². The molecule has 3 aromatic carbocycles. The van der Waals surface area contributed by atoms with E-state index >= 15 is 0 Å². The third kappa shape index (κ3) is 6.89. The second-order valence-electron chi connectivity index (χ2n) is 9.93. The number of nitro groups is 1. The van der Waals surface area contributed by atoms with Crippen molar-refractivity contribution in [3.05, 3.63) is 105 Å². The van der Waals surface area contributed by atoms with Gasteiger partial charge in [-0.15, -0.1) is 0 Å². The summed E-state index contributed by atoms with van der Waals surface area (Å²) in [6.07, 6.45) is 0.859. The molecule has 1 amide bonds. The molecule has 0 saturated carbocycles. The molecule has 0 radical (unpaired) electrons. The molecule has 0 spiro atoms. The van der Waals surface area contributed by atoms with Crippen LogP contribution in [0.3, 0.4) is 0 Å². The molecule has 42 heavy (non-hydrogen) atoms. The van der Waals surface area contributed by atoms with Gasteiger partial charge in [0, 0.05) is 36.2 Å². The van der Waals surface area contributed by atoms with Crippen LogP contribution in [0.1, 0.15) is 46.8 Å². The van der Waals surface area contributed by atoms with Gasteiger partial charge in [0.25, 0.3) is 5.69 Å². The molecule has 4 rings (SSSR count). The maximum absolute atomic E-state index is 13.4. The molecule has 1 saturated heterocycles. The minimum Gasteiger partial charge on any atom is -0.464 e. The highest BCUT2D eigenvalue weighted by Crippen LogP contribution is 2.27. The summed E-state index contributed by atoms with van der Waals surface area (Å²) in [6, 6.07) is 16.0. The summed E-state index contributed by atoms with van der Waals surface area (Å²) >= 11 is 0. The predicted octanol–water partition coefficient (Wildman–Crippen LogP) is 3.58. The Bertz CT molecular complexity index is 1570. The summed E-state index contributed by atoms with van der Waals surface area (Å²) in [5.41, 5.74) is 2.04. The van der Waals surface area contributed by atoms with Crippen molar-refractivity contribution in [2.24, 2.45) is 0 Å². The quantitative estimate of drug-likeness (QED) is 0.153. The Hall–Kier alpha value is -4.42. The number of esters is 1. The van der Waals surface area contributed by atoms with Gasteiger partial charge in [0.1, 0.15) is 12.1 Å². The number of nitro benzene ring substituents is 1. The normalized spacial score (nSPS) is 16.0. The van der Waals surface area contributed by atoms with Crippen molar-refractivity contribution in [1.29, 1.82) is 0 Å². The first-order chi connectivity index (χ1) is 20.0. The molecule has 1 N–H and O–H groups in total. The lowest BCUT2D eigenvalue weighted by Crippen LogP contribution is -2.51. The highest BCUT2D eigenvalue weighted by atomic mass is 32.2. The molecule has 1 heterocycles. The number of aryl methyl sites for hydroxylation is 1. The number of hydrogen-bond donors (Lipinski definition) is 1. The van der Waals surface area contributed by atoms with Crippen LogP contribution in [0.2, 0.25) is 0 Å². The Labute approximate surface area is 243 Å². The van der Waals surface area contributed by atoms with Gasteiger partial charge in [0.15, 0.2) is 5.78 Å². The van der Waals surface area contributed by atoms with E-state index in [-0.39, 0.29) is 41.5 Å². The van der Waals surface area contributed by atoms with Crippen molar-refractivity contribution in [1.82, 2.24) is 9.62 Å². The first kappa shape index (κ1) is 30.5. The minimum absolute atomic E-state index is 0.0496. The van der Waals surface area contributed by atoms with E-state index in [1.54, 1.807) is 43.3 Å². The third-order valence-electron chi connectivity index (χ3n) is 7.02. The van der Waals surface area contributed by atoms with Crippen LogP contribution in [0.15, 0.2) is 77.7 Å². The molecule has 0 aromatic heterocycles. The number of rotatable bonds is 11. The number of nitrogens with one attached hydrogen (secondary N) is 1. The highest BCUT2D eigenvalue weighted by Gasteiger charge is 2.40. The first-order valence-electron chi connectivity index (χ1n) is 13.4. The van der Waals surface area contributed by atoms with Crippen LogP contribution in [0.5, 0.6) is 0 Å². The number of sulfonamides is 1. The van der Waals surface area contributed by atoms with Crippen molar-refractivity contribution < 1.29 is 32.5 Å². The van der Waals surface area contributed by atoms with E-state index in [1.807, 2.05) is 6.92 Å². The van der Waals surface area contributed by atoms with Crippen LogP contribution in [-0.4, -0.2) is 60.5 Å². The minimum atomic E-state index is -3.93. The van der Waals surface area contributed by atoms with E-state index in [1.165, 1.54) is 40.7 Å². The molecule has 2 atom stereocenters. The Kier molecular flexibility index (Phi) is 9.48. The van der Waals surface area contributed by atoms with Gasteiger partial charge < -0.3 is 10.1 Å². The fraction of sp³-hybridized carbons (Fsp3) is 0.300. The van der Waals surface area contributed by atoms with Gasteiger partial charge in [0.05, 0.1) is 16.4 Å². The number of ether oxygens (including phenoxy) is 1. The standard InChI is InChI=1S/C30H31N3O8S/c1-3-41-30(36)26(19-21-8-10-22(11-9-21)28(34)23-12-14-24(15-13-23)33(37)38)31-29(35)27-5-4-18-32(27)42(39,40)25-16-6-20(2)7-17-25/h6-17,26-27H,3-5,18-19H2,1-2H3,(H,31,35)/t26-,27-/m0/s1. The van der Waals surface area contributed by atoms with Crippen LogP contribution < -0.4 is 5.32 Å². The van der Waals surface area contributed by atoms with Crippen LogP contribution >= 0.6 is 0 Å². The van der Waals surface area contributed by atoms with Gasteiger partial charge in [-0.05, 0) is 56.5 Å². The molecule has 1 aliphatic rings. The summed E-state index contributed by atoms with van der Waals surface area (Å²) in [5.74, 6) is -1.59. The third-order valence-corrected chi connectivity index (χ3v) is 8.94. The molecule has 11 nitrogen and oxygen atoms in total. The van der Waals surface area contributed by atoms with Crippen LogP contribution in [0.4, 0.5) is 5.69 Å². The van der Waals surface area contributed by atoms with Gasteiger partial charge in [0.2, 0.25) is 15.9 Å². The molecule has 12 heteroatoms. The Morgan fingerprint density at radius 1 is 1.00 bits per heavy atom. The largest absolute Gasteiger partial charge is 0.464 e. The van der Waals surface area contributed by atoms with Crippen molar-refractivity contribution in [2.45, 2.75) is 50.1 Å². The summed E-state index contributed by atoms with van der Waals surface area (Å²) in [6.45, 7) is 3.76. The molecular weight excluding hydrogens is 562 g/mol. The van der Waals surface area contributed by atoms with Crippen LogP contribution in [0.25, 0.3) is 0 Å². The second kappa shape index (κ2) is 13.0. The van der Waals surface area contributed by atoms with Crippen molar-refractivity contribution in [3.8, 4) is 0 Å². The average Bonchev–Trinajstić information content (AvgIpc) is 3.49. The number of nitrogens with zero attached hydrogens (tertiary/aromatic N) is 2. The van der Waals surface area contributed by atoms with Gasteiger partial charge in [-0.1, -0.05) is 42.0 Å². The van der Waals surface area contributed by atoms with Crippen LogP contribution in [0, 0.1) is 17.0 Å². The Balaban J connectivity index is 1.48. The van der Waals surface area contributed by atoms with E-state index in [0.717, 1.165) is 5.56 Å². The molecule has 0 unspecified atom stereocenters. The van der Waals surface area contributed by atoms with E-state index in [0.29, 0.717) is 24.0 Å². The van der Waals surface area contributed by atoms with E-state index < -0.39 is 38.9 Å². The summed E-state index contributed by atoms with van der Waals surface area (Å²) < 4.78 is 33.0. The molecule has 0 aliphatic carbocycles. The SMILES string of the molecule is CCOC(=O)[C@H](Cc1ccc(C(=O)c2ccc([N+](=O)[O-])cc2)cc1)NC(=O)[C@@H]1CCCN1S(=O)(=O)c1ccc(C)cc1. The summed E-state index contributed by atoms with van der Waals surface area (Å²) in [7, 11) is -3.93. The smallest absolute Gasteiger partial charge is 0.328 e. The van der Waals surface area contributed by atoms with Crippen molar-refractivity contribution >= 4 is 33.4 Å². The lowest BCUT2D eigenvalue weighted by molar-refractivity contribution is -0.384. The number of amides is 1. The zero-order valence-electron chi connectivity index (χ0n) is 23.2. The number of ketones is 1. The van der Waals surface area contributed by atoms with Crippen molar-refractivity contribution in [3.63, 3.8) is 0 Å². The van der Waals surface area contributed by atoms with E-state index in [2.05, 4.69) is 5.32 Å². The topological polar surface area (TPSA) is 153 Å². The molecule has 0 bridgehead atoms. The Morgan fingerprint density at radius 3 is 2.17 bits per heavy atom. The number of benzene rings is 3. The fourth-order valence-corrected chi connectivity index (χ4v) is 6.43. The summed E-state index contributed by atoms with van der Waals surface area (Å²) in [5, 5.41) is 13.6. The van der Waals surface area contributed by atoms with Gasteiger partial charge in [-0.3, -0.25) is 19.7 Å². The maximum atomic E-state index is 13.4. The van der Waals surface area contributed by atoms with Gasteiger partial charge >= 0.3 is 5.97 Å². The zero-order chi connectivity index (χ0) is 30.4. The van der Waals surface area contributed by atoms with Crippen LogP contribution in [-0.2, 0) is 30.8 Å². The molecule has 3 aromatic rings. The predicted molar refractivity (Wildman–Crippen MR) is 153 cm³/mol. The number of hydrogen-bond acceptors (Lipinski definition) is 8. The Morgan fingerprint density at radius 2 is 1.60 bits per heavy atom. The molecular formula is C30H31N3O8S. The lowest BCUT2D eigenvalue weighted by atomic mass is 9.99. The monoisotopic (exact) mass is 593 g/mol. The van der Waals surface area contributed by atoms with E-state index in [4.69, 9.17) is 4.74 Å². The van der Waals surface area contributed by atoms with E-state index in [9.17, 15) is 32.9 Å². The lowest BCUT2D eigenvalue weighted by Gasteiger charge is -2.25. The van der Waals surface area contributed by atoms with Gasteiger partial charge in [-0.25, -0.2) is 13.2 Å². The fourth-order valence-electron chi connectivity index (χ4n) is 4.77. The second-order valence-corrected chi connectivity index (χ2v) is 11.8. The van der Waals surface area contributed by atoms with Crippen molar-refractivity contribution in [2.75, 3.05) is 13.2 Å². The molecule has 1 aliphatic heterocycles.